The zero-order valence-electron chi connectivity index (χ0n) is 12.5. The lowest BCUT2D eigenvalue weighted by Gasteiger charge is -2.52. The Labute approximate surface area is 115 Å². The second kappa shape index (κ2) is 4.64. The number of nitrogens with zero attached hydrogens (tertiary/aromatic N) is 1. The predicted molar refractivity (Wildman–Crippen MR) is 76.3 cm³/mol. The molecule has 1 fully saturated rings. The van der Waals surface area contributed by atoms with Crippen LogP contribution in [0.2, 0.25) is 0 Å². The summed E-state index contributed by atoms with van der Waals surface area (Å²) in [4.78, 5) is 14.9. The van der Waals surface area contributed by atoms with Gasteiger partial charge in [-0.25, -0.2) is 0 Å². The van der Waals surface area contributed by atoms with Crippen LogP contribution in [-0.2, 0) is 4.74 Å². The highest BCUT2D eigenvalue weighted by Crippen LogP contribution is 2.32. The van der Waals surface area contributed by atoms with Crippen LogP contribution in [0.5, 0.6) is 0 Å². The summed E-state index contributed by atoms with van der Waals surface area (Å²) in [7, 11) is 0. The summed E-state index contributed by atoms with van der Waals surface area (Å²) >= 11 is 0. The van der Waals surface area contributed by atoms with E-state index >= 15 is 0 Å². The Morgan fingerprint density at radius 3 is 2.16 bits per heavy atom. The summed E-state index contributed by atoms with van der Waals surface area (Å²) in [6.07, 6.45) is 0. The lowest BCUT2D eigenvalue weighted by molar-refractivity contribution is -0.104. The first kappa shape index (κ1) is 14.1. The number of ether oxygens (including phenoxy) is 1. The summed E-state index contributed by atoms with van der Waals surface area (Å²) in [5.74, 6) is 0.0939. The van der Waals surface area contributed by atoms with Gasteiger partial charge < -0.3 is 9.64 Å². The number of carbonyl (C=O) groups excluding carboxylic acids is 1. The van der Waals surface area contributed by atoms with Gasteiger partial charge in [0.15, 0.2) is 0 Å². The number of carbonyl (C=O) groups is 1. The van der Waals surface area contributed by atoms with Gasteiger partial charge in [0, 0.05) is 5.56 Å². The van der Waals surface area contributed by atoms with Gasteiger partial charge in [0.05, 0.1) is 24.3 Å². The van der Waals surface area contributed by atoms with Gasteiger partial charge in [-0.05, 0) is 46.2 Å². The van der Waals surface area contributed by atoms with E-state index in [9.17, 15) is 4.79 Å². The standard InChI is InChI=1S/C16H23NO2/c1-12-8-6-7-9-13(12)14(18)17-15(2,3)10-19-11-16(17,4)5/h6-9H,10-11H2,1-5H3. The molecule has 1 aromatic carbocycles. The third kappa shape index (κ3) is 2.52. The molecule has 0 N–H and O–H groups in total. The third-order valence-electron chi connectivity index (χ3n) is 3.70. The molecule has 3 nitrogen and oxygen atoms in total. The second-order valence-corrected chi connectivity index (χ2v) is 6.57. The van der Waals surface area contributed by atoms with Gasteiger partial charge in [0.1, 0.15) is 0 Å². The maximum Gasteiger partial charge on any atom is 0.255 e. The van der Waals surface area contributed by atoms with Crippen LogP contribution in [-0.4, -0.2) is 35.1 Å². The van der Waals surface area contributed by atoms with Crippen molar-refractivity contribution in [3.8, 4) is 0 Å². The molecule has 1 aliphatic rings. The van der Waals surface area contributed by atoms with E-state index in [4.69, 9.17) is 4.74 Å². The van der Waals surface area contributed by atoms with Crippen molar-refractivity contribution in [3.63, 3.8) is 0 Å². The minimum atomic E-state index is -0.291. The first-order chi connectivity index (χ1) is 8.76. The van der Waals surface area contributed by atoms with Crippen LogP contribution in [0.4, 0.5) is 0 Å². The number of hydrogen-bond donors (Lipinski definition) is 0. The van der Waals surface area contributed by atoms with Gasteiger partial charge in [0.2, 0.25) is 0 Å². The number of morpholine rings is 1. The lowest BCUT2D eigenvalue weighted by atomic mass is 9.90. The molecule has 0 saturated carbocycles. The molecule has 1 aromatic rings. The third-order valence-corrected chi connectivity index (χ3v) is 3.70. The fourth-order valence-electron chi connectivity index (χ4n) is 2.98. The number of amides is 1. The molecular formula is C16H23NO2. The normalized spacial score (nSPS) is 21.2. The number of rotatable bonds is 1. The number of aryl methyl sites for hydroxylation is 1. The van der Waals surface area contributed by atoms with Gasteiger partial charge in [-0.3, -0.25) is 4.79 Å². The van der Waals surface area contributed by atoms with E-state index in [0.29, 0.717) is 13.2 Å². The Kier molecular flexibility index (Phi) is 3.43. The van der Waals surface area contributed by atoms with Crippen molar-refractivity contribution < 1.29 is 9.53 Å². The quantitative estimate of drug-likeness (QED) is 0.777. The van der Waals surface area contributed by atoms with Crippen LogP contribution in [0.3, 0.4) is 0 Å². The SMILES string of the molecule is Cc1ccccc1C(=O)N1C(C)(C)COCC1(C)C. The molecule has 1 aliphatic heterocycles. The zero-order chi connectivity index (χ0) is 14.3. The molecule has 0 unspecified atom stereocenters. The molecule has 104 valence electrons. The van der Waals surface area contributed by atoms with Crippen LogP contribution >= 0.6 is 0 Å². The molecule has 1 amide bonds. The van der Waals surface area contributed by atoms with Crippen LogP contribution < -0.4 is 0 Å². The Morgan fingerprint density at radius 1 is 1.11 bits per heavy atom. The fraction of sp³-hybridized carbons (Fsp3) is 0.562. The Balaban J connectivity index is 2.43. The van der Waals surface area contributed by atoms with E-state index < -0.39 is 0 Å². The van der Waals surface area contributed by atoms with E-state index in [1.807, 2.05) is 36.1 Å². The monoisotopic (exact) mass is 261 g/mol. The zero-order valence-corrected chi connectivity index (χ0v) is 12.5. The predicted octanol–water partition coefficient (Wildman–Crippen LogP) is 3.02. The van der Waals surface area contributed by atoms with Crippen molar-refractivity contribution in [2.45, 2.75) is 45.7 Å². The highest BCUT2D eigenvalue weighted by Gasteiger charge is 2.45. The molecular weight excluding hydrogens is 238 g/mol. The average molecular weight is 261 g/mol. The Hall–Kier alpha value is -1.35. The van der Waals surface area contributed by atoms with Gasteiger partial charge >= 0.3 is 0 Å². The van der Waals surface area contributed by atoms with Crippen LogP contribution in [0.25, 0.3) is 0 Å². The van der Waals surface area contributed by atoms with E-state index in [-0.39, 0.29) is 17.0 Å². The molecule has 0 bridgehead atoms. The summed E-state index contributed by atoms with van der Waals surface area (Å²) < 4.78 is 5.65. The topological polar surface area (TPSA) is 29.5 Å². The van der Waals surface area contributed by atoms with Crippen molar-refractivity contribution in [3.05, 3.63) is 35.4 Å². The highest BCUT2D eigenvalue weighted by molar-refractivity contribution is 5.96. The number of hydrogen-bond acceptors (Lipinski definition) is 2. The van der Waals surface area contributed by atoms with E-state index in [2.05, 4.69) is 27.7 Å². The summed E-state index contributed by atoms with van der Waals surface area (Å²) in [6, 6.07) is 7.76. The Morgan fingerprint density at radius 2 is 1.63 bits per heavy atom. The minimum absolute atomic E-state index is 0.0939. The maximum absolute atomic E-state index is 12.9. The minimum Gasteiger partial charge on any atom is -0.377 e. The average Bonchev–Trinajstić information content (AvgIpc) is 2.26. The molecule has 3 heteroatoms. The smallest absolute Gasteiger partial charge is 0.255 e. The van der Waals surface area contributed by atoms with E-state index in [1.54, 1.807) is 0 Å². The summed E-state index contributed by atoms with van der Waals surface area (Å²) in [5, 5.41) is 0. The Bertz CT molecular complexity index is 475. The van der Waals surface area contributed by atoms with Crippen molar-refractivity contribution in [2.75, 3.05) is 13.2 Å². The van der Waals surface area contributed by atoms with Gasteiger partial charge in [0.25, 0.3) is 5.91 Å². The van der Waals surface area contributed by atoms with Gasteiger partial charge in [-0.2, -0.15) is 0 Å². The van der Waals surface area contributed by atoms with Crippen molar-refractivity contribution in [1.82, 2.24) is 4.90 Å². The first-order valence-electron chi connectivity index (χ1n) is 6.74. The molecule has 0 radical (unpaired) electrons. The maximum atomic E-state index is 12.9. The van der Waals surface area contributed by atoms with Crippen LogP contribution in [0.15, 0.2) is 24.3 Å². The molecule has 0 aromatic heterocycles. The molecule has 0 spiro atoms. The van der Waals surface area contributed by atoms with E-state index in [0.717, 1.165) is 11.1 Å². The molecule has 2 rings (SSSR count). The molecule has 1 heterocycles. The summed E-state index contributed by atoms with van der Waals surface area (Å²) in [5.41, 5.74) is 1.22. The largest absolute Gasteiger partial charge is 0.377 e. The molecule has 0 aliphatic carbocycles. The fourth-order valence-corrected chi connectivity index (χ4v) is 2.98. The van der Waals surface area contributed by atoms with Crippen molar-refractivity contribution in [1.29, 1.82) is 0 Å². The van der Waals surface area contributed by atoms with Crippen LogP contribution in [0.1, 0.15) is 43.6 Å². The summed E-state index contributed by atoms with van der Waals surface area (Å²) in [6.45, 7) is 11.4. The van der Waals surface area contributed by atoms with Crippen molar-refractivity contribution in [2.24, 2.45) is 0 Å². The highest BCUT2D eigenvalue weighted by atomic mass is 16.5. The second-order valence-electron chi connectivity index (χ2n) is 6.57. The first-order valence-corrected chi connectivity index (χ1v) is 6.74. The van der Waals surface area contributed by atoms with Gasteiger partial charge in [-0.15, -0.1) is 0 Å². The molecule has 19 heavy (non-hydrogen) atoms. The van der Waals surface area contributed by atoms with E-state index in [1.165, 1.54) is 0 Å². The number of benzene rings is 1. The van der Waals surface area contributed by atoms with Gasteiger partial charge in [-0.1, -0.05) is 18.2 Å². The van der Waals surface area contributed by atoms with Crippen LogP contribution in [0, 0.1) is 6.92 Å². The molecule has 0 atom stereocenters. The van der Waals surface area contributed by atoms with Crippen molar-refractivity contribution >= 4 is 5.91 Å². The lowest BCUT2D eigenvalue weighted by Crippen LogP contribution is -2.65. The molecule has 1 saturated heterocycles.